The van der Waals surface area contributed by atoms with Crippen molar-refractivity contribution in [2.75, 3.05) is 0 Å². The quantitative estimate of drug-likeness (QED) is 0.285. The zero-order valence-electron chi connectivity index (χ0n) is 13.5. The van der Waals surface area contributed by atoms with E-state index in [1.54, 1.807) is 0 Å². The lowest BCUT2D eigenvalue weighted by molar-refractivity contribution is -0.115. The molecule has 1 nitrogen and oxygen atoms in total. The molecule has 0 N–H and O–H groups in total. The van der Waals surface area contributed by atoms with Crippen molar-refractivity contribution in [3.8, 4) is 0 Å². The topological polar surface area (TPSA) is 17.1 Å². The first-order chi connectivity index (χ1) is 9.26. The molecule has 0 fully saturated rings. The van der Waals surface area contributed by atoms with Gasteiger partial charge in [0, 0.05) is 6.42 Å². The molecule has 0 bridgehead atoms. The van der Waals surface area contributed by atoms with Crippen molar-refractivity contribution < 1.29 is 4.79 Å². The fourth-order valence-corrected chi connectivity index (χ4v) is 2.50. The van der Waals surface area contributed by atoms with Crippen LogP contribution in [0.3, 0.4) is 0 Å². The summed E-state index contributed by atoms with van der Waals surface area (Å²) in [6, 6.07) is 0. The molecule has 0 saturated carbocycles. The predicted octanol–water partition coefficient (Wildman–Crippen LogP) is 6.22. The van der Waals surface area contributed by atoms with Crippen molar-refractivity contribution >= 4 is 5.78 Å². The molecule has 0 saturated heterocycles. The summed E-state index contributed by atoms with van der Waals surface area (Å²) in [5.74, 6) is 0.365. The largest absolute Gasteiger partial charge is 0.295 e. The fraction of sp³-hybridized carbons (Fsp3) is 0.833. The fourth-order valence-electron chi connectivity index (χ4n) is 2.50. The van der Waals surface area contributed by atoms with Gasteiger partial charge in [0.05, 0.1) is 0 Å². The number of unbranched alkanes of at least 4 members (excludes halogenated alkanes) is 9. The molecular weight excluding hydrogens is 232 g/mol. The number of rotatable bonds is 13. The lowest BCUT2D eigenvalue weighted by atomic mass is 10.0. The van der Waals surface area contributed by atoms with Crippen LogP contribution in [0.2, 0.25) is 0 Å². The van der Waals surface area contributed by atoms with Gasteiger partial charge in [-0.1, -0.05) is 77.7 Å². The molecule has 0 radical (unpaired) electrons. The normalized spacial score (nSPS) is 11.8. The Kier molecular flexibility index (Phi) is 13.4. The Hall–Kier alpha value is -0.590. The first-order valence-electron chi connectivity index (χ1n) is 8.44. The van der Waals surface area contributed by atoms with E-state index >= 15 is 0 Å². The minimum atomic E-state index is 0.365. The second-order valence-electron chi connectivity index (χ2n) is 5.52. The molecule has 0 aliphatic rings. The third-order valence-corrected chi connectivity index (χ3v) is 3.84. The minimum Gasteiger partial charge on any atom is -0.295 e. The molecule has 0 aromatic rings. The molecule has 19 heavy (non-hydrogen) atoms. The summed E-state index contributed by atoms with van der Waals surface area (Å²) >= 11 is 0. The Morgan fingerprint density at radius 3 is 1.68 bits per heavy atom. The SMILES string of the molecule is CC=C(CC)C(=O)CCCCCCCCCCCC. The van der Waals surface area contributed by atoms with Gasteiger partial charge in [-0.3, -0.25) is 4.79 Å². The van der Waals surface area contributed by atoms with Gasteiger partial charge in [0.15, 0.2) is 5.78 Å². The Morgan fingerprint density at radius 1 is 0.789 bits per heavy atom. The smallest absolute Gasteiger partial charge is 0.158 e. The van der Waals surface area contributed by atoms with E-state index < -0.39 is 0 Å². The summed E-state index contributed by atoms with van der Waals surface area (Å²) in [6.45, 7) is 6.29. The summed E-state index contributed by atoms with van der Waals surface area (Å²) in [4.78, 5) is 11.8. The summed E-state index contributed by atoms with van der Waals surface area (Å²) in [5, 5.41) is 0. The summed E-state index contributed by atoms with van der Waals surface area (Å²) in [5.41, 5.74) is 1.01. The van der Waals surface area contributed by atoms with Crippen molar-refractivity contribution in [2.24, 2.45) is 0 Å². The molecule has 0 heterocycles. The molecule has 0 aliphatic heterocycles. The van der Waals surface area contributed by atoms with Crippen molar-refractivity contribution in [1.82, 2.24) is 0 Å². The number of allylic oxidation sites excluding steroid dienone is 2. The van der Waals surface area contributed by atoms with E-state index in [1.165, 1.54) is 57.8 Å². The zero-order chi connectivity index (χ0) is 14.3. The van der Waals surface area contributed by atoms with E-state index in [4.69, 9.17) is 0 Å². The lowest BCUT2D eigenvalue weighted by Crippen LogP contribution is -2.01. The highest BCUT2D eigenvalue weighted by Gasteiger charge is 2.05. The summed E-state index contributed by atoms with van der Waals surface area (Å²) < 4.78 is 0. The molecule has 0 aromatic heterocycles. The molecule has 0 amide bonds. The van der Waals surface area contributed by atoms with E-state index in [0.29, 0.717) is 5.78 Å². The van der Waals surface area contributed by atoms with Gasteiger partial charge in [-0.25, -0.2) is 0 Å². The van der Waals surface area contributed by atoms with Crippen LogP contribution in [-0.4, -0.2) is 5.78 Å². The van der Waals surface area contributed by atoms with Gasteiger partial charge in [-0.2, -0.15) is 0 Å². The van der Waals surface area contributed by atoms with Crippen LogP contribution in [0, 0.1) is 0 Å². The highest BCUT2D eigenvalue weighted by molar-refractivity contribution is 5.95. The molecule has 0 aromatic carbocycles. The second-order valence-corrected chi connectivity index (χ2v) is 5.52. The standard InChI is InChI=1S/C18H34O/c1-4-7-8-9-10-11-12-13-14-15-16-18(19)17(5-2)6-3/h5H,4,6-16H2,1-3H3. The van der Waals surface area contributed by atoms with Crippen molar-refractivity contribution in [1.29, 1.82) is 0 Å². The lowest BCUT2D eigenvalue weighted by Gasteiger charge is -2.04. The molecule has 0 spiro atoms. The van der Waals surface area contributed by atoms with Gasteiger partial charge >= 0.3 is 0 Å². The minimum absolute atomic E-state index is 0.365. The van der Waals surface area contributed by atoms with Gasteiger partial charge in [-0.15, -0.1) is 0 Å². The molecule has 0 rings (SSSR count). The van der Waals surface area contributed by atoms with Crippen molar-refractivity contribution in [2.45, 2.75) is 97.8 Å². The molecular formula is C18H34O. The third-order valence-electron chi connectivity index (χ3n) is 3.84. The number of Topliss-reactive ketones (excluding diaryl/α,β-unsaturated/α-hetero) is 1. The number of carbonyl (C=O) groups excluding carboxylic acids is 1. The van der Waals surface area contributed by atoms with Crippen LogP contribution in [0.1, 0.15) is 97.8 Å². The molecule has 0 atom stereocenters. The second kappa shape index (κ2) is 13.8. The van der Waals surface area contributed by atoms with E-state index in [9.17, 15) is 4.79 Å². The van der Waals surface area contributed by atoms with E-state index in [0.717, 1.165) is 24.8 Å². The van der Waals surface area contributed by atoms with E-state index in [1.807, 2.05) is 13.0 Å². The van der Waals surface area contributed by atoms with Crippen LogP contribution < -0.4 is 0 Å². The van der Waals surface area contributed by atoms with Gasteiger partial charge in [0.2, 0.25) is 0 Å². The Balaban J connectivity index is 3.29. The maximum Gasteiger partial charge on any atom is 0.158 e. The van der Waals surface area contributed by atoms with E-state index in [-0.39, 0.29) is 0 Å². The monoisotopic (exact) mass is 266 g/mol. The van der Waals surface area contributed by atoms with Gasteiger partial charge in [-0.05, 0) is 25.3 Å². The highest BCUT2D eigenvalue weighted by atomic mass is 16.1. The number of hydrogen-bond donors (Lipinski definition) is 0. The van der Waals surface area contributed by atoms with Crippen LogP contribution >= 0.6 is 0 Å². The van der Waals surface area contributed by atoms with E-state index in [2.05, 4.69) is 13.8 Å². The third kappa shape index (κ3) is 11.0. The Morgan fingerprint density at radius 2 is 1.26 bits per heavy atom. The molecule has 112 valence electrons. The zero-order valence-corrected chi connectivity index (χ0v) is 13.5. The molecule has 0 aliphatic carbocycles. The average molecular weight is 266 g/mol. The first-order valence-corrected chi connectivity index (χ1v) is 8.44. The maximum atomic E-state index is 11.8. The van der Waals surface area contributed by atoms with Crippen LogP contribution in [0.15, 0.2) is 11.6 Å². The average Bonchev–Trinajstić information content (AvgIpc) is 2.42. The van der Waals surface area contributed by atoms with Crippen LogP contribution in [0.4, 0.5) is 0 Å². The van der Waals surface area contributed by atoms with Crippen molar-refractivity contribution in [3.63, 3.8) is 0 Å². The summed E-state index contributed by atoms with van der Waals surface area (Å²) in [6.07, 6.45) is 16.9. The number of ketones is 1. The van der Waals surface area contributed by atoms with Crippen molar-refractivity contribution in [3.05, 3.63) is 11.6 Å². The summed E-state index contributed by atoms with van der Waals surface area (Å²) in [7, 11) is 0. The van der Waals surface area contributed by atoms with Crippen LogP contribution in [-0.2, 0) is 4.79 Å². The number of carbonyl (C=O) groups is 1. The predicted molar refractivity (Wildman–Crippen MR) is 85.5 cm³/mol. The number of hydrogen-bond acceptors (Lipinski definition) is 1. The highest BCUT2D eigenvalue weighted by Crippen LogP contribution is 2.13. The Bertz CT molecular complexity index is 240. The molecule has 1 heteroatoms. The first kappa shape index (κ1) is 18.4. The molecule has 0 unspecified atom stereocenters. The Labute approximate surface area is 120 Å². The van der Waals surface area contributed by atoms with Gasteiger partial charge in [0.25, 0.3) is 0 Å². The van der Waals surface area contributed by atoms with Crippen LogP contribution in [0.25, 0.3) is 0 Å². The van der Waals surface area contributed by atoms with Gasteiger partial charge in [0.1, 0.15) is 0 Å². The maximum absolute atomic E-state index is 11.8. The van der Waals surface area contributed by atoms with Gasteiger partial charge < -0.3 is 0 Å². The van der Waals surface area contributed by atoms with Crippen LogP contribution in [0.5, 0.6) is 0 Å².